The average Bonchev–Trinajstić information content (AvgIpc) is 2.30. The standard InChI is InChI=1S/C13H24N2/c1-3-5-10-15-13(11-14)8-6-12(4-2)7-9-13/h1,12,15H,4-11,14H2,2H3. The van der Waals surface area contributed by atoms with E-state index in [1.54, 1.807) is 0 Å². The first-order valence-electron chi connectivity index (χ1n) is 6.15. The molecule has 0 aromatic heterocycles. The van der Waals surface area contributed by atoms with Crippen LogP contribution in [0.3, 0.4) is 0 Å². The third-order valence-electron chi connectivity index (χ3n) is 3.80. The van der Waals surface area contributed by atoms with Crippen LogP contribution in [0, 0.1) is 18.3 Å². The molecule has 86 valence electrons. The number of rotatable bonds is 5. The van der Waals surface area contributed by atoms with Gasteiger partial charge in [-0.05, 0) is 31.6 Å². The van der Waals surface area contributed by atoms with Gasteiger partial charge in [0.05, 0.1) is 0 Å². The minimum absolute atomic E-state index is 0.183. The van der Waals surface area contributed by atoms with Crippen LogP contribution in [0.25, 0.3) is 0 Å². The monoisotopic (exact) mass is 208 g/mol. The summed E-state index contributed by atoms with van der Waals surface area (Å²) in [6.45, 7) is 3.93. The van der Waals surface area contributed by atoms with Crippen molar-refractivity contribution in [2.45, 2.75) is 51.0 Å². The molecule has 0 heterocycles. The second-order valence-corrected chi connectivity index (χ2v) is 4.72. The third-order valence-corrected chi connectivity index (χ3v) is 3.80. The smallest absolute Gasteiger partial charge is 0.0304 e. The fourth-order valence-corrected chi connectivity index (χ4v) is 2.49. The minimum atomic E-state index is 0.183. The summed E-state index contributed by atoms with van der Waals surface area (Å²) < 4.78 is 0. The molecule has 0 unspecified atom stereocenters. The van der Waals surface area contributed by atoms with Gasteiger partial charge in [0.15, 0.2) is 0 Å². The number of hydrogen-bond donors (Lipinski definition) is 2. The fraction of sp³-hybridized carbons (Fsp3) is 0.846. The molecule has 0 radical (unpaired) electrons. The van der Waals surface area contributed by atoms with Crippen molar-refractivity contribution in [2.75, 3.05) is 13.1 Å². The lowest BCUT2D eigenvalue weighted by molar-refractivity contribution is 0.192. The van der Waals surface area contributed by atoms with Crippen LogP contribution in [0.2, 0.25) is 0 Å². The topological polar surface area (TPSA) is 38.0 Å². The largest absolute Gasteiger partial charge is 0.329 e. The second kappa shape index (κ2) is 6.15. The zero-order valence-corrected chi connectivity index (χ0v) is 9.89. The van der Waals surface area contributed by atoms with Crippen LogP contribution in [0.15, 0.2) is 0 Å². The Hall–Kier alpha value is -0.520. The first-order valence-corrected chi connectivity index (χ1v) is 6.15. The van der Waals surface area contributed by atoms with Crippen molar-refractivity contribution >= 4 is 0 Å². The molecule has 1 fully saturated rings. The van der Waals surface area contributed by atoms with E-state index in [0.717, 1.165) is 25.4 Å². The molecule has 0 bridgehead atoms. The maximum absolute atomic E-state index is 5.89. The lowest BCUT2D eigenvalue weighted by Crippen LogP contribution is -2.53. The van der Waals surface area contributed by atoms with Gasteiger partial charge in [0.2, 0.25) is 0 Å². The lowest BCUT2D eigenvalue weighted by atomic mass is 9.75. The highest BCUT2D eigenvalue weighted by Gasteiger charge is 2.32. The van der Waals surface area contributed by atoms with Crippen LogP contribution in [0.4, 0.5) is 0 Å². The molecular weight excluding hydrogens is 184 g/mol. The molecular formula is C13H24N2. The van der Waals surface area contributed by atoms with Crippen LogP contribution >= 0.6 is 0 Å². The van der Waals surface area contributed by atoms with Crippen LogP contribution in [0.5, 0.6) is 0 Å². The van der Waals surface area contributed by atoms with E-state index in [1.165, 1.54) is 32.1 Å². The Bertz CT molecular complexity index is 209. The van der Waals surface area contributed by atoms with Gasteiger partial charge in [0.25, 0.3) is 0 Å². The van der Waals surface area contributed by atoms with Gasteiger partial charge in [-0.2, -0.15) is 0 Å². The van der Waals surface area contributed by atoms with E-state index >= 15 is 0 Å². The van der Waals surface area contributed by atoms with Crippen LogP contribution in [0.1, 0.15) is 45.4 Å². The molecule has 2 heteroatoms. The number of hydrogen-bond acceptors (Lipinski definition) is 2. The quantitative estimate of drug-likeness (QED) is 0.535. The van der Waals surface area contributed by atoms with Crippen LogP contribution in [-0.2, 0) is 0 Å². The summed E-state index contributed by atoms with van der Waals surface area (Å²) in [4.78, 5) is 0. The number of nitrogens with two attached hydrogens (primary N) is 1. The summed E-state index contributed by atoms with van der Waals surface area (Å²) in [5.74, 6) is 3.58. The molecule has 0 aromatic rings. The Labute approximate surface area is 94.0 Å². The number of nitrogens with one attached hydrogen (secondary N) is 1. The highest BCUT2D eigenvalue weighted by molar-refractivity contribution is 4.95. The summed E-state index contributed by atoms with van der Waals surface area (Å²) in [7, 11) is 0. The Kier molecular flexibility index (Phi) is 5.14. The summed E-state index contributed by atoms with van der Waals surface area (Å²) >= 11 is 0. The molecule has 0 saturated heterocycles. The van der Waals surface area contributed by atoms with E-state index in [1.807, 2.05) is 0 Å². The van der Waals surface area contributed by atoms with Gasteiger partial charge in [0.1, 0.15) is 0 Å². The van der Waals surface area contributed by atoms with Gasteiger partial charge in [-0.1, -0.05) is 13.3 Å². The van der Waals surface area contributed by atoms with E-state index in [2.05, 4.69) is 18.2 Å². The summed E-state index contributed by atoms with van der Waals surface area (Å²) in [6.07, 6.45) is 12.4. The predicted octanol–water partition coefficient (Wildman–Crippen LogP) is 1.90. The molecule has 0 spiro atoms. The van der Waals surface area contributed by atoms with Crippen molar-refractivity contribution in [3.63, 3.8) is 0 Å². The SMILES string of the molecule is C#CCCNC1(CN)CCC(CC)CC1. The molecule has 0 amide bonds. The summed E-state index contributed by atoms with van der Waals surface area (Å²) in [5, 5.41) is 3.56. The lowest BCUT2D eigenvalue weighted by Gasteiger charge is -2.40. The van der Waals surface area contributed by atoms with Gasteiger partial charge in [0, 0.05) is 25.0 Å². The van der Waals surface area contributed by atoms with E-state index < -0.39 is 0 Å². The first kappa shape index (κ1) is 12.5. The zero-order valence-electron chi connectivity index (χ0n) is 9.89. The second-order valence-electron chi connectivity index (χ2n) is 4.72. The highest BCUT2D eigenvalue weighted by Crippen LogP contribution is 2.32. The van der Waals surface area contributed by atoms with E-state index in [-0.39, 0.29) is 5.54 Å². The fourth-order valence-electron chi connectivity index (χ4n) is 2.49. The first-order chi connectivity index (χ1) is 7.26. The molecule has 1 rings (SSSR count). The predicted molar refractivity (Wildman–Crippen MR) is 65.5 cm³/mol. The highest BCUT2D eigenvalue weighted by atomic mass is 15.0. The maximum atomic E-state index is 5.89. The van der Waals surface area contributed by atoms with Crippen molar-refractivity contribution < 1.29 is 0 Å². The molecule has 1 saturated carbocycles. The van der Waals surface area contributed by atoms with Crippen molar-refractivity contribution in [3.8, 4) is 12.3 Å². The molecule has 0 aromatic carbocycles. The molecule has 3 N–H and O–H groups in total. The van der Waals surface area contributed by atoms with Gasteiger partial charge in [-0.15, -0.1) is 12.3 Å². The van der Waals surface area contributed by atoms with Crippen molar-refractivity contribution in [1.29, 1.82) is 0 Å². The Balaban J connectivity index is 2.38. The van der Waals surface area contributed by atoms with Gasteiger partial charge in [-0.25, -0.2) is 0 Å². The van der Waals surface area contributed by atoms with Crippen molar-refractivity contribution in [2.24, 2.45) is 11.7 Å². The Morgan fingerprint density at radius 3 is 2.60 bits per heavy atom. The van der Waals surface area contributed by atoms with E-state index in [9.17, 15) is 0 Å². The summed E-state index contributed by atoms with van der Waals surface area (Å²) in [5.41, 5.74) is 6.08. The van der Waals surface area contributed by atoms with E-state index in [4.69, 9.17) is 12.2 Å². The van der Waals surface area contributed by atoms with Crippen LogP contribution in [-0.4, -0.2) is 18.6 Å². The normalized spacial score (nSPS) is 31.1. The molecule has 0 aliphatic heterocycles. The summed E-state index contributed by atoms with van der Waals surface area (Å²) in [6, 6.07) is 0. The molecule has 1 aliphatic carbocycles. The van der Waals surface area contributed by atoms with E-state index in [0.29, 0.717) is 0 Å². The molecule has 2 nitrogen and oxygen atoms in total. The molecule has 15 heavy (non-hydrogen) atoms. The van der Waals surface area contributed by atoms with Crippen LogP contribution < -0.4 is 11.1 Å². The molecule has 0 atom stereocenters. The average molecular weight is 208 g/mol. The van der Waals surface area contributed by atoms with Gasteiger partial charge >= 0.3 is 0 Å². The van der Waals surface area contributed by atoms with Gasteiger partial charge in [-0.3, -0.25) is 0 Å². The Morgan fingerprint density at radius 1 is 1.47 bits per heavy atom. The van der Waals surface area contributed by atoms with Crippen molar-refractivity contribution in [1.82, 2.24) is 5.32 Å². The van der Waals surface area contributed by atoms with Gasteiger partial charge < -0.3 is 11.1 Å². The zero-order chi connectivity index (χ0) is 11.1. The van der Waals surface area contributed by atoms with Crippen molar-refractivity contribution in [3.05, 3.63) is 0 Å². The number of terminal acetylenes is 1. The Morgan fingerprint density at radius 2 is 2.13 bits per heavy atom. The maximum Gasteiger partial charge on any atom is 0.0304 e. The minimum Gasteiger partial charge on any atom is -0.329 e. The third kappa shape index (κ3) is 3.52. The molecule has 1 aliphatic rings.